The molecule has 26 heavy (non-hydrogen) atoms. The Morgan fingerprint density at radius 1 is 1.27 bits per heavy atom. The number of aromatic nitrogens is 3. The summed E-state index contributed by atoms with van der Waals surface area (Å²) in [7, 11) is 0. The van der Waals surface area contributed by atoms with Gasteiger partial charge < -0.3 is 5.32 Å². The number of piperazine rings is 1. The van der Waals surface area contributed by atoms with Crippen LogP contribution < -0.4 is 5.32 Å². The first-order valence-corrected chi connectivity index (χ1v) is 9.14. The third-order valence-corrected chi connectivity index (χ3v) is 4.95. The van der Waals surface area contributed by atoms with Crippen LogP contribution in [0.4, 0.5) is 4.39 Å². The highest BCUT2D eigenvalue weighted by molar-refractivity contribution is 5.75. The lowest BCUT2D eigenvalue weighted by atomic mass is 10.0. The molecule has 6 heteroatoms. The fraction of sp³-hybridized carbons (Fsp3) is 0.400. The van der Waals surface area contributed by atoms with Crippen molar-refractivity contribution < 1.29 is 4.39 Å². The average molecular weight is 353 g/mol. The fourth-order valence-corrected chi connectivity index (χ4v) is 3.66. The Morgan fingerprint density at radius 3 is 2.96 bits per heavy atom. The first kappa shape index (κ1) is 17.1. The molecule has 2 aromatic heterocycles. The van der Waals surface area contributed by atoms with Crippen LogP contribution in [-0.2, 0) is 6.54 Å². The van der Waals surface area contributed by atoms with E-state index < -0.39 is 0 Å². The van der Waals surface area contributed by atoms with Crippen molar-refractivity contribution in [1.29, 1.82) is 0 Å². The van der Waals surface area contributed by atoms with Gasteiger partial charge in [0.1, 0.15) is 5.82 Å². The third-order valence-electron chi connectivity index (χ3n) is 4.95. The summed E-state index contributed by atoms with van der Waals surface area (Å²) >= 11 is 0. The highest BCUT2D eigenvalue weighted by Crippen LogP contribution is 2.25. The zero-order valence-electron chi connectivity index (χ0n) is 15.2. The van der Waals surface area contributed by atoms with Gasteiger partial charge in [-0.2, -0.15) is 5.10 Å². The molecule has 136 valence electrons. The maximum atomic E-state index is 13.7. The number of hydrogen-bond acceptors (Lipinski definition) is 4. The smallest absolute Gasteiger partial charge is 0.157 e. The summed E-state index contributed by atoms with van der Waals surface area (Å²) in [6, 6.07) is 9.53. The van der Waals surface area contributed by atoms with Crippen molar-refractivity contribution in [1.82, 2.24) is 25.0 Å². The molecule has 1 atom stereocenters. The molecule has 1 unspecified atom stereocenters. The highest BCUT2D eigenvalue weighted by Gasteiger charge is 2.24. The predicted molar refractivity (Wildman–Crippen MR) is 100 cm³/mol. The Kier molecular flexibility index (Phi) is 4.70. The van der Waals surface area contributed by atoms with E-state index in [2.05, 4.69) is 40.2 Å². The largest absolute Gasteiger partial charge is 0.314 e. The summed E-state index contributed by atoms with van der Waals surface area (Å²) in [6.45, 7) is 7.68. The van der Waals surface area contributed by atoms with Crippen molar-refractivity contribution in [3.63, 3.8) is 0 Å². The average Bonchev–Trinajstić information content (AvgIpc) is 3.06. The van der Waals surface area contributed by atoms with Crippen LogP contribution in [0.1, 0.15) is 37.1 Å². The summed E-state index contributed by atoms with van der Waals surface area (Å²) in [5.41, 5.74) is 3.09. The number of nitrogens with one attached hydrogen (secondary N) is 1. The standard InChI is InChI=1S/C20H24FN5/c1-14(2)26-20-17(11-24-26)8-15(10-23-20)13-25-7-6-22-12-19(25)16-4-3-5-18(21)9-16/h3-5,8-11,14,19,22H,6-7,12-13H2,1-2H3. The number of hydrogen-bond donors (Lipinski definition) is 1. The summed E-state index contributed by atoms with van der Waals surface area (Å²) in [4.78, 5) is 7.03. The van der Waals surface area contributed by atoms with Crippen LogP contribution in [0.25, 0.3) is 11.0 Å². The van der Waals surface area contributed by atoms with Gasteiger partial charge >= 0.3 is 0 Å². The molecule has 0 bridgehead atoms. The Balaban J connectivity index is 1.59. The minimum atomic E-state index is -0.183. The molecule has 0 spiro atoms. The van der Waals surface area contributed by atoms with Crippen molar-refractivity contribution in [3.8, 4) is 0 Å². The molecule has 1 N–H and O–H groups in total. The van der Waals surface area contributed by atoms with Crippen molar-refractivity contribution in [2.75, 3.05) is 19.6 Å². The van der Waals surface area contributed by atoms with E-state index >= 15 is 0 Å². The monoisotopic (exact) mass is 353 g/mol. The molecule has 0 radical (unpaired) electrons. The van der Waals surface area contributed by atoms with Gasteiger partial charge in [0.2, 0.25) is 0 Å². The van der Waals surface area contributed by atoms with E-state index in [0.29, 0.717) is 0 Å². The van der Waals surface area contributed by atoms with E-state index in [9.17, 15) is 4.39 Å². The minimum absolute atomic E-state index is 0.161. The molecule has 1 fully saturated rings. The minimum Gasteiger partial charge on any atom is -0.314 e. The van der Waals surface area contributed by atoms with Gasteiger partial charge in [0, 0.05) is 49.8 Å². The Labute approximate surface area is 152 Å². The fourth-order valence-electron chi connectivity index (χ4n) is 3.66. The molecule has 5 nitrogen and oxygen atoms in total. The molecule has 1 aliphatic heterocycles. The van der Waals surface area contributed by atoms with Gasteiger partial charge in [-0.3, -0.25) is 4.90 Å². The molecule has 3 aromatic rings. The lowest BCUT2D eigenvalue weighted by Gasteiger charge is -2.36. The number of rotatable bonds is 4. The van der Waals surface area contributed by atoms with Crippen LogP contribution >= 0.6 is 0 Å². The highest BCUT2D eigenvalue weighted by atomic mass is 19.1. The van der Waals surface area contributed by atoms with Crippen molar-refractivity contribution in [2.24, 2.45) is 0 Å². The van der Waals surface area contributed by atoms with Crippen molar-refractivity contribution in [3.05, 3.63) is 59.7 Å². The molecule has 0 amide bonds. The first-order valence-electron chi connectivity index (χ1n) is 9.14. The second kappa shape index (κ2) is 7.13. The maximum Gasteiger partial charge on any atom is 0.157 e. The topological polar surface area (TPSA) is 46.0 Å². The number of benzene rings is 1. The second-order valence-corrected chi connectivity index (χ2v) is 7.18. The van der Waals surface area contributed by atoms with Gasteiger partial charge in [0.15, 0.2) is 5.65 Å². The van der Waals surface area contributed by atoms with Crippen LogP contribution in [0.15, 0.2) is 42.7 Å². The van der Waals surface area contributed by atoms with E-state index in [-0.39, 0.29) is 17.9 Å². The van der Waals surface area contributed by atoms with Gasteiger partial charge in [0.05, 0.1) is 6.20 Å². The first-order chi connectivity index (χ1) is 12.6. The molecular weight excluding hydrogens is 329 g/mol. The lowest BCUT2D eigenvalue weighted by molar-refractivity contribution is 0.153. The van der Waals surface area contributed by atoms with Crippen LogP contribution in [0.5, 0.6) is 0 Å². The zero-order valence-corrected chi connectivity index (χ0v) is 15.2. The van der Waals surface area contributed by atoms with Crippen LogP contribution in [-0.4, -0.2) is 39.3 Å². The molecule has 1 saturated heterocycles. The summed E-state index contributed by atoms with van der Waals surface area (Å²) in [6.07, 6.45) is 3.82. The SMILES string of the molecule is CC(C)n1ncc2cc(CN3CCNCC3c3cccc(F)c3)cnc21. The second-order valence-electron chi connectivity index (χ2n) is 7.18. The molecule has 1 aliphatic rings. The van der Waals surface area contributed by atoms with Crippen molar-refractivity contribution >= 4 is 11.0 Å². The van der Waals surface area contributed by atoms with E-state index in [1.807, 2.05) is 23.1 Å². The predicted octanol–water partition coefficient (Wildman–Crippen LogP) is 3.30. The summed E-state index contributed by atoms with van der Waals surface area (Å²) in [5, 5.41) is 8.93. The van der Waals surface area contributed by atoms with Crippen molar-refractivity contribution in [2.45, 2.75) is 32.5 Å². The van der Waals surface area contributed by atoms with Gasteiger partial charge in [0.25, 0.3) is 0 Å². The molecule has 0 aliphatic carbocycles. The Hall–Kier alpha value is -2.31. The normalized spacial score (nSPS) is 18.7. The molecular formula is C20H24FN5. The molecule has 4 rings (SSSR count). The third kappa shape index (κ3) is 3.34. The van der Waals surface area contributed by atoms with Gasteiger partial charge in [-0.15, -0.1) is 0 Å². The number of nitrogens with zero attached hydrogens (tertiary/aromatic N) is 4. The molecule has 3 heterocycles. The van der Waals surface area contributed by atoms with E-state index in [0.717, 1.165) is 48.3 Å². The van der Waals surface area contributed by atoms with Crippen LogP contribution in [0, 0.1) is 5.82 Å². The number of fused-ring (bicyclic) bond motifs is 1. The van der Waals surface area contributed by atoms with E-state index in [1.165, 1.54) is 6.07 Å². The van der Waals surface area contributed by atoms with E-state index in [1.54, 1.807) is 12.1 Å². The molecule has 1 aromatic carbocycles. The Morgan fingerprint density at radius 2 is 2.15 bits per heavy atom. The Bertz CT molecular complexity index is 904. The number of pyridine rings is 1. The summed E-state index contributed by atoms with van der Waals surface area (Å²) in [5.74, 6) is -0.183. The van der Waals surface area contributed by atoms with Gasteiger partial charge in [-0.1, -0.05) is 12.1 Å². The van der Waals surface area contributed by atoms with Crippen LogP contribution in [0.3, 0.4) is 0 Å². The summed E-state index contributed by atoms with van der Waals surface area (Å²) < 4.78 is 15.6. The van der Waals surface area contributed by atoms with E-state index in [4.69, 9.17) is 0 Å². The zero-order chi connectivity index (χ0) is 18.1. The van der Waals surface area contributed by atoms with Crippen LogP contribution in [0.2, 0.25) is 0 Å². The van der Waals surface area contributed by atoms with Gasteiger partial charge in [-0.05, 0) is 43.2 Å². The lowest BCUT2D eigenvalue weighted by Crippen LogP contribution is -2.45. The van der Waals surface area contributed by atoms with Gasteiger partial charge in [-0.25, -0.2) is 14.1 Å². The number of halogens is 1. The maximum absolute atomic E-state index is 13.7. The molecule has 0 saturated carbocycles. The quantitative estimate of drug-likeness (QED) is 0.782.